The zero-order valence-corrected chi connectivity index (χ0v) is 20.9. The Morgan fingerprint density at radius 2 is 1.71 bits per heavy atom. The van der Waals surface area contributed by atoms with Crippen molar-refractivity contribution in [1.82, 2.24) is 4.98 Å². The van der Waals surface area contributed by atoms with Crippen LogP contribution in [0.5, 0.6) is 0 Å². The molecule has 2 aromatic carbocycles. The van der Waals surface area contributed by atoms with E-state index in [-0.39, 0.29) is 4.90 Å². The lowest BCUT2D eigenvalue weighted by Crippen LogP contribution is -2.45. The van der Waals surface area contributed by atoms with Crippen molar-refractivity contribution in [2.75, 3.05) is 20.6 Å². The van der Waals surface area contributed by atoms with E-state index in [9.17, 15) is 21.6 Å². The smallest absolute Gasteiger partial charge is 0.261 e. The number of aromatic nitrogens is 1. The molecule has 0 fully saturated rings. The zero-order chi connectivity index (χ0) is 25.1. The summed E-state index contributed by atoms with van der Waals surface area (Å²) in [7, 11) is -7.68. The number of nitrogens with zero attached hydrogens (tertiary/aromatic N) is 2. The van der Waals surface area contributed by atoms with Crippen LogP contribution in [0.4, 0.5) is 17.1 Å². The first-order chi connectivity index (χ1) is 15.9. The van der Waals surface area contributed by atoms with Gasteiger partial charge in [-0.3, -0.25) is 18.8 Å². The van der Waals surface area contributed by atoms with E-state index in [1.165, 1.54) is 49.6 Å². The summed E-state index contributed by atoms with van der Waals surface area (Å²) in [5, 5.41) is 2.96. The average Bonchev–Trinajstić information content (AvgIpc) is 2.76. The molecule has 1 amide bonds. The normalized spacial score (nSPS) is 12.6. The van der Waals surface area contributed by atoms with Gasteiger partial charge in [0.15, 0.2) is 0 Å². The van der Waals surface area contributed by atoms with E-state index in [2.05, 4.69) is 15.0 Å². The number of sulfonamides is 2. The van der Waals surface area contributed by atoms with E-state index in [0.717, 1.165) is 10.6 Å². The predicted molar refractivity (Wildman–Crippen MR) is 133 cm³/mol. The van der Waals surface area contributed by atoms with Gasteiger partial charge in [0.25, 0.3) is 10.0 Å². The van der Waals surface area contributed by atoms with E-state index in [1.54, 1.807) is 31.2 Å². The number of halogens is 1. The Balaban J connectivity index is 1.79. The first kappa shape index (κ1) is 25.5. The van der Waals surface area contributed by atoms with Crippen LogP contribution in [0.3, 0.4) is 0 Å². The fraction of sp³-hybridized carbons (Fsp3) is 0.182. The molecule has 3 rings (SSSR count). The van der Waals surface area contributed by atoms with Gasteiger partial charge < -0.3 is 5.32 Å². The number of rotatable bonds is 8. The molecule has 0 aliphatic carbocycles. The quantitative estimate of drug-likeness (QED) is 0.465. The fourth-order valence-electron chi connectivity index (χ4n) is 3.20. The molecule has 1 aromatic heterocycles. The second-order valence-electron chi connectivity index (χ2n) is 7.53. The molecule has 0 aliphatic heterocycles. The van der Waals surface area contributed by atoms with E-state index in [0.29, 0.717) is 27.6 Å². The highest BCUT2D eigenvalue weighted by Gasteiger charge is 2.30. The van der Waals surface area contributed by atoms with Gasteiger partial charge in [0.1, 0.15) is 6.04 Å². The summed E-state index contributed by atoms with van der Waals surface area (Å²) < 4.78 is 53.6. The second kappa shape index (κ2) is 10.00. The van der Waals surface area contributed by atoms with Crippen LogP contribution in [0.15, 0.2) is 71.9 Å². The molecule has 3 aromatic rings. The van der Waals surface area contributed by atoms with E-state index in [4.69, 9.17) is 11.6 Å². The minimum Gasteiger partial charge on any atom is -0.324 e. The Morgan fingerprint density at radius 1 is 1.03 bits per heavy atom. The van der Waals surface area contributed by atoms with Crippen LogP contribution in [0.2, 0.25) is 5.02 Å². The molecule has 2 N–H and O–H groups in total. The van der Waals surface area contributed by atoms with Crippen molar-refractivity contribution in [2.45, 2.75) is 24.8 Å². The standard InChI is InChI=1S/C22H23ClN4O5S2/c1-15-6-7-17(23)13-21(15)27(33(3,29)30)16(2)22(28)25-18-8-10-20(11-9-18)34(31,32)26-19-5-4-12-24-14-19/h4-14,16,26H,1-3H3,(H,25,28)/t16-/m1/s1. The van der Waals surface area contributed by atoms with Crippen molar-refractivity contribution < 1.29 is 21.6 Å². The number of benzene rings is 2. The van der Waals surface area contributed by atoms with Crippen LogP contribution in [0.1, 0.15) is 12.5 Å². The van der Waals surface area contributed by atoms with Crippen LogP contribution in [0, 0.1) is 6.92 Å². The maximum atomic E-state index is 12.9. The summed E-state index contributed by atoms with van der Waals surface area (Å²) in [6.45, 7) is 3.17. The van der Waals surface area contributed by atoms with Crippen molar-refractivity contribution in [1.29, 1.82) is 0 Å². The van der Waals surface area contributed by atoms with Gasteiger partial charge in [0.2, 0.25) is 15.9 Å². The Morgan fingerprint density at radius 3 is 2.29 bits per heavy atom. The van der Waals surface area contributed by atoms with Crippen LogP contribution in [0.25, 0.3) is 0 Å². The molecule has 9 nitrogen and oxygen atoms in total. The highest BCUT2D eigenvalue weighted by molar-refractivity contribution is 7.92. The average molecular weight is 523 g/mol. The molecule has 0 unspecified atom stereocenters. The van der Waals surface area contributed by atoms with Gasteiger partial charge in [-0.15, -0.1) is 0 Å². The van der Waals surface area contributed by atoms with Gasteiger partial charge in [-0.25, -0.2) is 16.8 Å². The Kier molecular flexibility index (Phi) is 7.49. The molecule has 180 valence electrons. The maximum absolute atomic E-state index is 12.9. The number of hydrogen-bond donors (Lipinski definition) is 2. The molecular weight excluding hydrogens is 500 g/mol. The summed E-state index contributed by atoms with van der Waals surface area (Å²) in [6.07, 6.45) is 3.91. The fourth-order valence-corrected chi connectivity index (χ4v) is 5.64. The number of amides is 1. The number of hydrogen-bond acceptors (Lipinski definition) is 6. The van der Waals surface area contributed by atoms with Crippen LogP contribution in [-0.2, 0) is 24.8 Å². The minimum atomic E-state index is -3.86. The lowest BCUT2D eigenvalue weighted by atomic mass is 10.1. The molecule has 1 atom stereocenters. The van der Waals surface area contributed by atoms with Crippen molar-refractivity contribution in [3.8, 4) is 0 Å². The summed E-state index contributed by atoms with van der Waals surface area (Å²) in [6, 6.07) is 12.3. The maximum Gasteiger partial charge on any atom is 0.261 e. The highest BCUT2D eigenvalue weighted by Crippen LogP contribution is 2.28. The monoisotopic (exact) mass is 522 g/mol. The first-order valence-corrected chi connectivity index (χ1v) is 13.7. The Hall–Kier alpha value is -3.15. The van der Waals surface area contributed by atoms with Crippen LogP contribution in [-0.4, -0.2) is 40.0 Å². The van der Waals surface area contributed by atoms with Crippen molar-refractivity contribution >= 4 is 54.6 Å². The largest absolute Gasteiger partial charge is 0.324 e. The summed E-state index contributed by atoms with van der Waals surface area (Å²) >= 11 is 6.05. The third-order valence-electron chi connectivity index (χ3n) is 4.84. The van der Waals surface area contributed by atoms with Crippen LogP contribution >= 0.6 is 11.6 Å². The van der Waals surface area contributed by atoms with Gasteiger partial charge in [-0.2, -0.15) is 0 Å². The lowest BCUT2D eigenvalue weighted by Gasteiger charge is -2.29. The number of anilines is 3. The minimum absolute atomic E-state index is 0.0188. The highest BCUT2D eigenvalue weighted by atomic mass is 35.5. The SMILES string of the molecule is Cc1ccc(Cl)cc1N([C@H](C)C(=O)Nc1ccc(S(=O)(=O)Nc2cccnc2)cc1)S(C)(=O)=O. The second-order valence-corrected chi connectivity index (χ2v) is 11.5. The molecule has 1 heterocycles. The van der Waals surface area contributed by atoms with Gasteiger partial charge in [-0.05, 0) is 67.9 Å². The molecule has 0 saturated carbocycles. The van der Waals surface area contributed by atoms with Gasteiger partial charge in [0.05, 0.1) is 28.7 Å². The van der Waals surface area contributed by atoms with Gasteiger partial charge in [-0.1, -0.05) is 17.7 Å². The Bertz CT molecular complexity index is 1400. The van der Waals surface area contributed by atoms with Gasteiger partial charge in [0, 0.05) is 16.9 Å². The van der Waals surface area contributed by atoms with E-state index >= 15 is 0 Å². The van der Waals surface area contributed by atoms with Gasteiger partial charge >= 0.3 is 0 Å². The first-order valence-electron chi connectivity index (χ1n) is 9.98. The summed E-state index contributed by atoms with van der Waals surface area (Å²) in [5.41, 5.74) is 1.53. The molecular formula is C22H23ClN4O5S2. The topological polar surface area (TPSA) is 126 Å². The predicted octanol–water partition coefficient (Wildman–Crippen LogP) is 3.64. The third kappa shape index (κ3) is 6.04. The third-order valence-corrected chi connectivity index (χ3v) is 7.70. The van der Waals surface area contributed by atoms with Crippen LogP contribution < -0.4 is 14.3 Å². The molecule has 0 bridgehead atoms. The molecule has 0 spiro atoms. The molecule has 0 radical (unpaired) electrons. The Labute approximate surface area is 203 Å². The summed E-state index contributed by atoms with van der Waals surface area (Å²) in [5.74, 6) is -0.603. The molecule has 34 heavy (non-hydrogen) atoms. The molecule has 0 aliphatic rings. The molecule has 0 saturated heterocycles. The number of carbonyl (C=O) groups excluding carboxylic acids is 1. The number of nitrogens with one attached hydrogen (secondary N) is 2. The lowest BCUT2D eigenvalue weighted by molar-refractivity contribution is -0.116. The van der Waals surface area contributed by atoms with E-state index < -0.39 is 32.0 Å². The van der Waals surface area contributed by atoms with Crippen molar-refractivity contribution in [3.05, 3.63) is 77.6 Å². The number of aryl methyl sites for hydroxylation is 1. The van der Waals surface area contributed by atoms with Crippen molar-refractivity contribution in [3.63, 3.8) is 0 Å². The number of carbonyl (C=O) groups is 1. The number of pyridine rings is 1. The van der Waals surface area contributed by atoms with Crippen molar-refractivity contribution in [2.24, 2.45) is 0 Å². The zero-order valence-electron chi connectivity index (χ0n) is 18.6. The summed E-state index contributed by atoms with van der Waals surface area (Å²) in [4.78, 5) is 16.7. The molecule has 12 heteroatoms. The van der Waals surface area contributed by atoms with E-state index in [1.807, 2.05) is 0 Å².